The standard InChI is InChI=1S/C26H26N4O2S2/c31-23(27-24(19-9-3-1-4-10-19)20-11-5-2-6-12-20)18-34-26-29-28-25(22-14-8-16-33-22)30(26)17-21-13-7-15-32-21/h1-6,8-12,14,16,21,24H,7,13,15,17-18H2,(H,27,31)/t21-/m0/s1. The van der Waals surface area contributed by atoms with Crippen molar-refractivity contribution < 1.29 is 9.53 Å². The number of benzene rings is 2. The first kappa shape index (κ1) is 22.8. The van der Waals surface area contributed by atoms with Crippen LogP contribution in [-0.2, 0) is 16.1 Å². The molecule has 1 atom stereocenters. The van der Waals surface area contributed by atoms with Crippen LogP contribution >= 0.6 is 23.1 Å². The Balaban J connectivity index is 1.31. The highest BCUT2D eigenvalue weighted by Gasteiger charge is 2.23. The third-order valence-electron chi connectivity index (χ3n) is 5.77. The van der Waals surface area contributed by atoms with Crippen molar-refractivity contribution in [1.29, 1.82) is 0 Å². The molecule has 0 aliphatic carbocycles. The molecule has 174 valence electrons. The van der Waals surface area contributed by atoms with Crippen LogP contribution in [-0.4, -0.2) is 39.1 Å². The van der Waals surface area contributed by atoms with E-state index in [2.05, 4.69) is 20.1 Å². The fraction of sp³-hybridized carbons (Fsp3) is 0.269. The molecule has 1 aliphatic rings. The molecule has 1 saturated heterocycles. The minimum Gasteiger partial charge on any atom is -0.376 e. The minimum atomic E-state index is -0.207. The van der Waals surface area contributed by atoms with Gasteiger partial charge in [-0.05, 0) is 35.4 Å². The Hall–Kier alpha value is -2.94. The largest absolute Gasteiger partial charge is 0.376 e. The number of hydrogen-bond acceptors (Lipinski definition) is 6. The number of carbonyl (C=O) groups excluding carboxylic acids is 1. The van der Waals surface area contributed by atoms with Gasteiger partial charge in [0.1, 0.15) is 0 Å². The lowest BCUT2D eigenvalue weighted by molar-refractivity contribution is -0.119. The van der Waals surface area contributed by atoms with Crippen molar-refractivity contribution in [2.45, 2.75) is 36.7 Å². The first-order valence-electron chi connectivity index (χ1n) is 11.4. The third kappa shape index (κ3) is 5.41. The molecule has 5 rings (SSSR count). The molecule has 8 heteroatoms. The van der Waals surface area contributed by atoms with E-state index in [1.165, 1.54) is 11.8 Å². The molecular weight excluding hydrogens is 464 g/mol. The van der Waals surface area contributed by atoms with E-state index in [0.717, 1.165) is 46.4 Å². The maximum absolute atomic E-state index is 13.1. The fourth-order valence-electron chi connectivity index (χ4n) is 4.12. The van der Waals surface area contributed by atoms with Gasteiger partial charge in [0.25, 0.3) is 0 Å². The summed E-state index contributed by atoms with van der Waals surface area (Å²) in [5, 5.41) is 14.9. The number of ether oxygens (including phenoxy) is 1. The van der Waals surface area contributed by atoms with Gasteiger partial charge in [-0.15, -0.1) is 21.5 Å². The van der Waals surface area contributed by atoms with E-state index < -0.39 is 0 Å². The first-order valence-corrected chi connectivity index (χ1v) is 13.2. The number of carbonyl (C=O) groups is 1. The van der Waals surface area contributed by atoms with Crippen LogP contribution in [0.2, 0.25) is 0 Å². The highest BCUT2D eigenvalue weighted by Crippen LogP contribution is 2.29. The molecule has 1 aliphatic heterocycles. The lowest BCUT2D eigenvalue weighted by Crippen LogP contribution is -2.30. The van der Waals surface area contributed by atoms with Gasteiger partial charge in [0, 0.05) is 6.61 Å². The summed E-state index contributed by atoms with van der Waals surface area (Å²) in [6.45, 7) is 1.49. The Morgan fingerprint density at radius 1 is 1.06 bits per heavy atom. The van der Waals surface area contributed by atoms with E-state index in [9.17, 15) is 4.79 Å². The Morgan fingerprint density at radius 2 is 1.79 bits per heavy atom. The monoisotopic (exact) mass is 490 g/mol. The summed E-state index contributed by atoms with van der Waals surface area (Å²) in [6.07, 6.45) is 2.26. The number of aromatic nitrogens is 3. The minimum absolute atomic E-state index is 0.0490. The molecule has 3 heterocycles. The molecule has 2 aromatic heterocycles. The zero-order chi connectivity index (χ0) is 23.2. The Bertz CT molecular complexity index is 1150. The van der Waals surface area contributed by atoms with Crippen LogP contribution in [0.25, 0.3) is 10.7 Å². The van der Waals surface area contributed by atoms with Crippen molar-refractivity contribution in [2.24, 2.45) is 0 Å². The molecule has 0 unspecified atom stereocenters. The Labute approximate surface area is 207 Å². The number of hydrogen-bond donors (Lipinski definition) is 1. The average Bonchev–Trinajstić information content (AvgIpc) is 3.65. The maximum atomic E-state index is 13.1. The van der Waals surface area contributed by atoms with Crippen molar-refractivity contribution in [2.75, 3.05) is 12.4 Å². The van der Waals surface area contributed by atoms with Gasteiger partial charge in [-0.25, -0.2) is 0 Å². The molecule has 2 aromatic carbocycles. The van der Waals surface area contributed by atoms with Gasteiger partial charge in [0.15, 0.2) is 11.0 Å². The van der Waals surface area contributed by atoms with E-state index in [0.29, 0.717) is 6.54 Å². The highest BCUT2D eigenvalue weighted by molar-refractivity contribution is 7.99. The second-order valence-corrected chi connectivity index (χ2v) is 10.0. The molecule has 0 spiro atoms. The smallest absolute Gasteiger partial charge is 0.231 e. The summed E-state index contributed by atoms with van der Waals surface area (Å²) in [5.41, 5.74) is 2.10. The van der Waals surface area contributed by atoms with Gasteiger partial charge < -0.3 is 10.1 Å². The van der Waals surface area contributed by atoms with Crippen molar-refractivity contribution in [3.8, 4) is 10.7 Å². The SMILES string of the molecule is O=C(CSc1nnc(-c2cccs2)n1C[C@@H]1CCCO1)NC(c1ccccc1)c1ccccc1. The van der Waals surface area contributed by atoms with Gasteiger partial charge in [-0.1, -0.05) is 78.5 Å². The van der Waals surface area contributed by atoms with Gasteiger partial charge in [-0.3, -0.25) is 9.36 Å². The molecule has 1 fully saturated rings. The number of thioether (sulfide) groups is 1. The summed E-state index contributed by atoms with van der Waals surface area (Å²) in [7, 11) is 0. The quantitative estimate of drug-likeness (QED) is 0.327. The zero-order valence-corrected chi connectivity index (χ0v) is 20.3. The van der Waals surface area contributed by atoms with E-state index in [4.69, 9.17) is 4.74 Å². The van der Waals surface area contributed by atoms with E-state index in [-0.39, 0.29) is 23.8 Å². The zero-order valence-electron chi connectivity index (χ0n) is 18.7. The predicted octanol–water partition coefficient (Wildman–Crippen LogP) is 5.18. The van der Waals surface area contributed by atoms with Gasteiger partial charge in [0.05, 0.1) is 29.3 Å². The maximum Gasteiger partial charge on any atom is 0.231 e. The molecule has 34 heavy (non-hydrogen) atoms. The highest BCUT2D eigenvalue weighted by atomic mass is 32.2. The second-order valence-electron chi connectivity index (χ2n) is 8.14. The number of nitrogens with one attached hydrogen (secondary N) is 1. The van der Waals surface area contributed by atoms with Crippen molar-refractivity contribution in [3.05, 3.63) is 89.3 Å². The molecule has 0 bridgehead atoms. The lowest BCUT2D eigenvalue weighted by Gasteiger charge is -2.20. The number of nitrogens with zero attached hydrogens (tertiary/aromatic N) is 3. The van der Waals surface area contributed by atoms with Crippen LogP contribution in [0.3, 0.4) is 0 Å². The molecule has 1 amide bonds. The summed E-state index contributed by atoms with van der Waals surface area (Å²) in [4.78, 5) is 14.1. The summed E-state index contributed by atoms with van der Waals surface area (Å²) < 4.78 is 7.97. The van der Waals surface area contributed by atoms with Crippen LogP contribution in [0.5, 0.6) is 0 Å². The van der Waals surface area contributed by atoms with E-state index in [1.807, 2.05) is 78.2 Å². The molecule has 1 N–H and O–H groups in total. The Morgan fingerprint density at radius 3 is 2.41 bits per heavy atom. The van der Waals surface area contributed by atoms with Crippen LogP contribution < -0.4 is 5.32 Å². The average molecular weight is 491 g/mol. The second kappa shape index (κ2) is 11.0. The van der Waals surface area contributed by atoms with Gasteiger partial charge in [0.2, 0.25) is 5.91 Å². The molecule has 4 aromatic rings. The van der Waals surface area contributed by atoms with Crippen LogP contribution in [0.1, 0.15) is 30.0 Å². The Kier molecular flexibility index (Phi) is 7.38. The van der Waals surface area contributed by atoms with Crippen LogP contribution in [0, 0.1) is 0 Å². The molecule has 0 saturated carbocycles. The number of rotatable bonds is 9. The third-order valence-corrected chi connectivity index (χ3v) is 7.60. The van der Waals surface area contributed by atoms with E-state index in [1.54, 1.807) is 11.3 Å². The number of thiophene rings is 1. The summed E-state index contributed by atoms with van der Waals surface area (Å²) in [5.74, 6) is 1.04. The van der Waals surface area contributed by atoms with Gasteiger partial charge >= 0.3 is 0 Å². The number of amides is 1. The molecule has 0 radical (unpaired) electrons. The van der Waals surface area contributed by atoms with Crippen molar-refractivity contribution >= 4 is 29.0 Å². The van der Waals surface area contributed by atoms with Crippen LogP contribution in [0.4, 0.5) is 0 Å². The summed E-state index contributed by atoms with van der Waals surface area (Å²) in [6, 6.07) is 23.9. The van der Waals surface area contributed by atoms with Crippen molar-refractivity contribution in [1.82, 2.24) is 20.1 Å². The topological polar surface area (TPSA) is 69.0 Å². The molecular formula is C26H26N4O2S2. The normalized spacial score (nSPS) is 15.6. The molecule has 6 nitrogen and oxygen atoms in total. The first-order chi connectivity index (χ1) is 16.8. The predicted molar refractivity (Wildman–Crippen MR) is 136 cm³/mol. The summed E-state index contributed by atoms with van der Waals surface area (Å²) >= 11 is 3.05. The van der Waals surface area contributed by atoms with E-state index >= 15 is 0 Å². The van der Waals surface area contributed by atoms with Crippen molar-refractivity contribution in [3.63, 3.8) is 0 Å². The van der Waals surface area contributed by atoms with Gasteiger partial charge in [-0.2, -0.15) is 0 Å². The lowest BCUT2D eigenvalue weighted by atomic mass is 9.99. The van der Waals surface area contributed by atoms with Crippen LogP contribution in [0.15, 0.2) is 83.3 Å². The fourth-order valence-corrected chi connectivity index (χ4v) is 5.60.